The van der Waals surface area contributed by atoms with Crippen LogP contribution in [-0.4, -0.2) is 4.98 Å². The lowest BCUT2D eigenvalue weighted by molar-refractivity contribution is 0.583. The number of aromatic nitrogens is 1. The third kappa shape index (κ3) is 1.46. The molecular weight excluding hydrogens is 225 g/mol. The molecule has 0 aliphatic heterocycles. The minimum Gasteiger partial charge on any atom is -0.206 e. The maximum Gasteiger partial charge on any atom is 0.234 e. The van der Waals surface area contributed by atoms with Gasteiger partial charge in [-0.15, -0.1) is 0 Å². The Labute approximate surface area is 82.5 Å². The summed E-state index contributed by atoms with van der Waals surface area (Å²) in [6.07, 6.45) is 0. The largest absolute Gasteiger partial charge is 0.234 e. The van der Waals surface area contributed by atoms with Crippen LogP contribution in [0.3, 0.4) is 0 Å². The summed E-state index contributed by atoms with van der Waals surface area (Å²) in [4.78, 5) is 3.18. The fourth-order valence-electron chi connectivity index (χ4n) is 0.561. The summed E-state index contributed by atoms with van der Waals surface area (Å²) in [5, 5.41) is 7.69. The van der Waals surface area contributed by atoms with Gasteiger partial charge in [-0.1, -0.05) is 34.8 Å². The van der Waals surface area contributed by atoms with Gasteiger partial charge in [0.25, 0.3) is 0 Å². The summed E-state index contributed by atoms with van der Waals surface area (Å²) in [5.41, 5.74) is -0.274. The van der Waals surface area contributed by atoms with Crippen molar-refractivity contribution < 1.29 is 4.39 Å². The summed E-state index contributed by atoms with van der Waals surface area (Å²) >= 11 is 16.3. The van der Waals surface area contributed by atoms with E-state index in [9.17, 15) is 4.39 Å². The van der Waals surface area contributed by atoms with E-state index < -0.39 is 5.95 Å². The smallest absolute Gasteiger partial charge is 0.206 e. The molecule has 0 aliphatic rings. The van der Waals surface area contributed by atoms with Gasteiger partial charge in [0.1, 0.15) is 11.1 Å². The van der Waals surface area contributed by atoms with Crippen LogP contribution in [0.1, 0.15) is 5.69 Å². The Bertz CT molecular complexity index is 372. The molecule has 0 amide bonds. The van der Waals surface area contributed by atoms with Gasteiger partial charge >= 0.3 is 0 Å². The first-order chi connectivity index (χ1) is 5.57. The Kier molecular flexibility index (Phi) is 2.73. The third-order valence-corrected chi connectivity index (χ3v) is 2.37. The highest BCUT2D eigenvalue weighted by atomic mass is 35.5. The van der Waals surface area contributed by atoms with Crippen molar-refractivity contribution in [3.8, 4) is 6.07 Å². The number of hydrogen-bond donors (Lipinski definition) is 0. The van der Waals surface area contributed by atoms with Gasteiger partial charge in [0.05, 0.1) is 10.0 Å². The van der Waals surface area contributed by atoms with E-state index in [1.807, 2.05) is 0 Å². The number of rotatable bonds is 0. The van der Waals surface area contributed by atoms with E-state index in [0.29, 0.717) is 0 Å². The number of nitriles is 1. The van der Waals surface area contributed by atoms with Crippen LogP contribution >= 0.6 is 34.8 Å². The van der Waals surface area contributed by atoms with E-state index >= 15 is 0 Å². The van der Waals surface area contributed by atoms with Crippen LogP contribution in [0.15, 0.2) is 0 Å². The maximum atomic E-state index is 12.7. The summed E-state index contributed by atoms with van der Waals surface area (Å²) in [7, 11) is 0. The van der Waals surface area contributed by atoms with Crippen molar-refractivity contribution in [3.05, 3.63) is 26.7 Å². The summed E-state index contributed by atoms with van der Waals surface area (Å²) in [6, 6.07) is 1.58. The van der Waals surface area contributed by atoms with Crippen LogP contribution in [0.2, 0.25) is 15.1 Å². The van der Waals surface area contributed by atoms with Gasteiger partial charge in [-0.3, -0.25) is 0 Å². The SMILES string of the molecule is N#Cc1nc(F)c(Cl)c(Cl)c1Cl. The second-order valence-corrected chi connectivity index (χ2v) is 2.94. The lowest BCUT2D eigenvalue weighted by Gasteiger charge is -2.00. The van der Waals surface area contributed by atoms with Crippen molar-refractivity contribution in [1.29, 1.82) is 5.26 Å². The van der Waals surface area contributed by atoms with Crippen molar-refractivity contribution in [2.45, 2.75) is 0 Å². The lowest BCUT2D eigenvalue weighted by Crippen LogP contribution is -1.92. The van der Waals surface area contributed by atoms with Gasteiger partial charge in [0.2, 0.25) is 5.95 Å². The molecular formula is C6Cl3FN2. The highest BCUT2D eigenvalue weighted by Crippen LogP contribution is 2.32. The second-order valence-electron chi connectivity index (χ2n) is 1.80. The molecule has 12 heavy (non-hydrogen) atoms. The average molecular weight is 225 g/mol. The van der Waals surface area contributed by atoms with E-state index in [4.69, 9.17) is 40.1 Å². The topological polar surface area (TPSA) is 36.7 Å². The zero-order valence-electron chi connectivity index (χ0n) is 5.41. The molecule has 1 rings (SSSR count). The van der Waals surface area contributed by atoms with Crippen LogP contribution in [-0.2, 0) is 0 Å². The predicted molar refractivity (Wildman–Crippen MR) is 43.9 cm³/mol. The van der Waals surface area contributed by atoms with Crippen molar-refractivity contribution in [2.75, 3.05) is 0 Å². The van der Waals surface area contributed by atoms with Crippen LogP contribution < -0.4 is 0 Å². The van der Waals surface area contributed by atoms with Gasteiger partial charge in [0.15, 0.2) is 5.69 Å². The van der Waals surface area contributed by atoms with Crippen LogP contribution in [0.25, 0.3) is 0 Å². The van der Waals surface area contributed by atoms with Crippen LogP contribution in [0.5, 0.6) is 0 Å². The molecule has 0 N–H and O–H groups in total. The zero-order valence-corrected chi connectivity index (χ0v) is 7.67. The molecule has 0 fully saturated rings. The van der Waals surface area contributed by atoms with E-state index in [0.717, 1.165) is 0 Å². The van der Waals surface area contributed by atoms with Gasteiger partial charge in [-0.05, 0) is 0 Å². The lowest BCUT2D eigenvalue weighted by atomic mass is 10.4. The Hall–Kier alpha value is -0.560. The number of nitrogens with zero attached hydrogens (tertiary/aromatic N) is 2. The maximum absolute atomic E-state index is 12.7. The van der Waals surface area contributed by atoms with Crippen molar-refractivity contribution in [3.63, 3.8) is 0 Å². The molecule has 6 heteroatoms. The fraction of sp³-hybridized carbons (Fsp3) is 0. The van der Waals surface area contributed by atoms with E-state index in [1.165, 1.54) is 0 Å². The molecule has 0 atom stereocenters. The van der Waals surface area contributed by atoms with Gasteiger partial charge < -0.3 is 0 Å². The van der Waals surface area contributed by atoms with Gasteiger partial charge in [0, 0.05) is 0 Å². The monoisotopic (exact) mass is 224 g/mol. The Morgan fingerprint density at radius 1 is 1.17 bits per heavy atom. The van der Waals surface area contributed by atoms with Gasteiger partial charge in [-0.25, -0.2) is 4.98 Å². The van der Waals surface area contributed by atoms with E-state index in [1.54, 1.807) is 6.07 Å². The summed E-state index contributed by atoms with van der Waals surface area (Å²) in [5.74, 6) is -0.998. The minimum absolute atomic E-state index is 0.134. The van der Waals surface area contributed by atoms with E-state index in [2.05, 4.69) is 4.98 Å². The Morgan fingerprint density at radius 2 is 1.75 bits per heavy atom. The molecule has 1 aromatic rings. The number of hydrogen-bond acceptors (Lipinski definition) is 2. The van der Waals surface area contributed by atoms with Crippen LogP contribution in [0, 0.1) is 17.3 Å². The highest BCUT2D eigenvalue weighted by Gasteiger charge is 2.15. The molecule has 0 bridgehead atoms. The van der Waals surface area contributed by atoms with Crippen molar-refractivity contribution in [1.82, 2.24) is 4.98 Å². The molecule has 0 aromatic carbocycles. The van der Waals surface area contributed by atoms with Gasteiger partial charge in [-0.2, -0.15) is 9.65 Å². The molecule has 62 valence electrons. The number of halogens is 4. The van der Waals surface area contributed by atoms with E-state index in [-0.39, 0.29) is 20.8 Å². The molecule has 0 radical (unpaired) electrons. The first-order valence-electron chi connectivity index (χ1n) is 2.68. The minimum atomic E-state index is -0.998. The average Bonchev–Trinajstić information content (AvgIpc) is 2.08. The molecule has 0 aliphatic carbocycles. The van der Waals surface area contributed by atoms with Crippen LogP contribution in [0.4, 0.5) is 4.39 Å². The van der Waals surface area contributed by atoms with Crippen molar-refractivity contribution in [2.24, 2.45) is 0 Å². The molecule has 1 heterocycles. The standard InChI is InChI=1S/C6Cl3FN2/c7-3-2(1-11)12-6(10)5(9)4(3)8. The predicted octanol–water partition coefficient (Wildman–Crippen LogP) is 3.05. The molecule has 0 unspecified atom stereocenters. The first kappa shape index (κ1) is 9.53. The number of pyridine rings is 1. The first-order valence-corrected chi connectivity index (χ1v) is 3.81. The molecule has 0 saturated heterocycles. The third-order valence-electron chi connectivity index (χ3n) is 1.09. The molecule has 1 aromatic heterocycles. The summed E-state index contributed by atoms with van der Waals surface area (Å²) in [6.45, 7) is 0. The Balaban J connectivity index is 3.52. The quantitative estimate of drug-likeness (QED) is 0.636. The fourth-order valence-corrected chi connectivity index (χ4v) is 1.09. The normalized spacial score (nSPS) is 9.58. The molecule has 2 nitrogen and oxygen atoms in total. The second kappa shape index (κ2) is 3.44. The highest BCUT2D eigenvalue weighted by molar-refractivity contribution is 6.48. The molecule has 0 spiro atoms. The summed E-state index contributed by atoms with van der Waals surface area (Å²) < 4.78 is 12.7. The molecule has 0 saturated carbocycles. The zero-order chi connectivity index (χ0) is 9.30. The Morgan fingerprint density at radius 3 is 2.25 bits per heavy atom. The van der Waals surface area contributed by atoms with Crippen molar-refractivity contribution >= 4 is 34.8 Å².